The summed E-state index contributed by atoms with van der Waals surface area (Å²) in [5.74, 6) is 2.17. The van der Waals surface area contributed by atoms with Crippen LogP contribution in [-0.2, 0) is 4.79 Å². The summed E-state index contributed by atoms with van der Waals surface area (Å²) in [5.41, 5.74) is 6.40. The summed E-state index contributed by atoms with van der Waals surface area (Å²) in [6.45, 7) is 5.06. The van der Waals surface area contributed by atoms with E-state index in [1.165, 1.54) is 0 Å². The molecule has 30 heavy (non-hydrogen) atoms. The number of anilines is 1. The molecule has 1 amide bonds. The Morgan fingerprint density at radius 2 is 1.87 bits per heavy atom. The van der Waals surface area contributed by atoms with E-state index in [9.17, 15) is 4.79 Å². The van der Waals surface area contributed by atoms with Gasteiger partial charge >= 0.3 is 0 Å². The third-order valence-electron chi connectivity index (χ3n) is 5.78. The Morgan fingerprint density at radius 1 is 1.20 bits per heavy atom. The quantitative estimate of drug-likeness (QED) is 0.643. The molecule has 0 saturated carbocycles. The molecule has 0 spiro atoms. The number of nitrogens with two attached hydrogens (primary N) is 1. The SMILES string of the molecule is COc1cc(-n2cnc(NC(C)[C@H](C)N3CCC[C@H]3C(N)=O)c2)cc(OC)c1OC. The van der Waals surface area contributed by atoms with Crippen molar-refractivity contribution in [3.05, 3.63) is 24.7 Å². The van der Waals surface area contributed by atoms with Gasteiger partial charge in [0.2, 0.25) is 11.7 Å². The summed E-state index contributed by atoms with van der Waals surface area (Å²) in [7, 11) is 4.75. The van der Waals surface area contributed by atoms with Crippen molar-refractivity contribution >= 4 is 11.7 Å². The molecular formula is C21H31N5O4. The standard InChI is InChI=1S/C21H31N5O4/c1-13(14(2)26-8-6-7-16(26)21(22)27)24-19-11-25(12-23-19)15-9-17(28-3)20(30-5)18(10-15)29-4/h9-14,16,24H,6-8H2,1-5H3,(H2,22,27)/t13?,14-,16-/m0/s1. The molecule has 1 aliphatic rings. The summed E-state index contributed by atoms with van der Waals surface area (Å²) in [6.07, 6.45) is 5.44. The summed E-state index contributed by atoms with van der Waals surface area (Å²) < 4.78 is 18.1. The van der Waals surface area contributed by atoms with Gasteiger partial charge in [0, 0.05) is 24.2 Å². The van der Waals surface area contributed by atoms with Crippen LogP contribution in [0.25, 0.3) is 5.69 Å². The van der Waals surface area contributed by atoms with Gasteiger partial charge in [-0.15, -0.1) is 0 Å². The zero-order chi connectivity index (χ0) is 21.8. The Balaban J connectivity index is 1.76. The lowest BCUT2D eigenvalue weighted by atomic mass is 10.1. The number of nitrogens with zero attached hydrogens (tertiary/aromatic N) is 3. The number of hydrogen-bond donors (Lipinski definition) is 2. The van der Waals surface area contributed by atoms with E-state index >= 15 is 0 Å². The third-order valence-corrected chi connectivity index (χ3v) is 5.78. The van der Waals surface area contributed by atoms with E-state index in [1.54, 1.807) is 27.7 Å². The predicted molar refractivity (Wildman–Crippen MR) is 115 cm³/mol. The minimum atomic E-state index is -0.252. The Hall–Kier alpha value is -2.94. The molecule has 3 atom stereocenters. The first-order valence-corrected chi connectivity index (χ1v) is 10.1. The molecule has 2 aromatic rings. The van der Waals surface area contributed by atoms with Gasteiger partial charge in [-0.05, 0) is 33.2 Å². The number of likely N-dealkylation sites (tertiary alicyclic amines) is 1. The number of aromatic nitrogens is 2. The van der Waals surface area contributed by atoms with Crippen LogP contribution in [0.15, 0.2) is 24.7 Å². The highest BCUT2D eigenvalue weighted by Gasteiger charge is 2.34. The molecular weight excluding hydrogens is 386 g/mol. The maximum atomic E-state index is 11.7. The van der Waals surface area contributed by atoms with Crippen molar-refractivity contribution in [2.45, 2.75) is 44.8 Å². The van der Waals surface area contributed by atoms with E-state index in [1.807, 2.05) is 22.9 Å². The van der Waals surface area contributed by atoms with Crippen molar-refractivity contribution < 1.29 is 19.0 Å². The Labute approximate surface area is 177 Å². The molecule has 2 heterocycles. The third kappa shape index (κ3) is 4.30. The fraction of sp³-hybridized carbons (Fsp3) is 0.524. The van der Waals surface area contributed by atoms with Crippen molar-refractivity contribution in [2.24, 2.45) is 5.73 Å². The molecule has 9 heteroatoms. The van der Waals surface area contributed by atoms with Crippen molar-refractivity contribution in [3.8, 4) is 22.9 Å². The van der Waals surface area contributed by atoms with Gasteiger partial charge in [-0.2, -0.15) is 0 Å². The van der Waals surface area contributed by atoms with E-state index in [0.29, 0.717) is 17.2 Å². The van der Waals surface area contributed by atoms with Gasteiger partial charge < -0.3 is 29.8 Å². The van der Waals surface area contributed by atoms with E-state index in [4.69, 9.17) is 19.9 Å². The van der Waals surface area contributed by atoms with Crippen molar-refractivity contribution in [3.63, 3.8) is 0 Å². The molecule has 1 saturated heterocycles. The molecule has 1 unspecified atom stereocenters. The molecule has 0 aliphatic carbocycles. The lowest BCUT2D eigenvalue weighted by Crippen LogP contribution is -2.50. The smallest absolute Gasteiger partial charge is 0.234 e. The minimum absolute atomic E-state index is 0.0771. The van der Waals surface area contributed by atoms with Crippen LogP contribution in [0, 0.1) is 0 Å². The average Bonchev–Trinajstić information content (AvgIpc) is 3.41. The number of benzene rings is 1. The monoisotopic (exact) mass is 417 g/mol. The predicted octanol–water partition coefficient (Wildman–Crippen LogP) is 2.04. The highest BCUT2D eigenvalue weighted by Crippen LogP contribution is 2.39. The number of primary amides is 1. The fourth-order valence-electron chi connectivity index (χ4n) is 3.98. The molecule has 0 radical (unpaired) electrons. The normalized spacial score (nSPS) is 18.6. The maximum absolute atomic E-state index is 11.7. The van der Waals surface area contributed by atoms with Crippen LogP contribution < -0.4 is 25.3 Å². The number of amides is 1. The highest BCUT2D eigenvalue weighted by atomic mass is 16.5. The van der Waals surface area contributed by atoms with Gasteiger partial charge in [-0.1, -0.05) is 0 Å². The number of carbonyl (C=O) groups excluding carboxylic acids is 1. The summed E-state index contributed by atoms with van der Waals surface area (Å²) in [4.78, 5) is 18.4. The van der Waals surface area contributed by atoms with Gasteiger partial charge in [-0.25, -0.2) is 4.98 Å². The Kier molecular flexibility index (Phi) is 6.71. The van der Waals surface area contributed by atoms with Crippen LogP contribution in [0.2, 0.25) is 0 Å². The second-order valence-corrected chi connectivity index (χ2v) is 7.52. The van der Waals surface area contributed by atoms with Crippen LogP contribution in [0.1, 0.15) is 26.7 Å². The molecule has 3 rings (SSSR count). The van der Waals surface area contributed by atoms with Gasteiger partial charge in [0.25, 0.3) is 0 Å². The summed E-state index contributed by atoms with van der Waals surface area (Å²) >= 11 is 0. The van der Waals surface area contributed by atoms with Crippen molar-refractivity contribution in [1.29, 1.82) is 0 Å². The number of methoxy groups -OCH3 is 3. The molecule has 0 bridgehead atoms. The van der Waals surface area contributed by atoms with Crippen LogP contribution in [0.5, 0.6) is 17.2 Å². The fourth-order valence-corrected chi connectivity index (χ4v) is 3.98. The largest absolute Gasteiger partial charge is 0.493 e. The van der Waals surface area contributed by atoms with Crippen LogP contribution in [-0.4, -0.2) is 66.4 Å². The number of imidazole rings is 1. The lowest BCUT2D eigenvalue weighted by Gasteiger charge is -2.33. The van der Waals surface area contributed by atoms with Crippen LogP contribution in [0.3, 0.4) is 0 Å². The first-order chi connectivity index (χ1) is 14.4. The van der Waals surface area contributed by atoms with E-state index in [-0.39, 0.29) is 24.0 Å². The van der Waals surface area contributed by atoms with Gasteiger partial charge in [-0.3, -0.25) is 9.69 Å². The molecule has 1 aromatic carbocycles. The van der Waals surface area contributed by atoms with E-state index < -0.39 is 0 Å². The Morgan fingerprint density at radius 3 is 2.43 bits per heavy atom. The molecule has 1 aliphatic heterocycles. The van der Waals surface area contributed by atoms with E-state index in [0.717, 1.165) is 30.9 Å². The second-order valence-electron chi connectivity index (χ2n) is 7.52. The van der Waals surface area contributed by atoms with Gasteiger partial charge in [0.05, 0.1) is 39.3 Å². The number of carbonyl (C=O) groups is 1. The van der Waals surface area contributed by atoms with Gasteiger partial charge in [0.1, 0.15) is 12.1 Å². The minimum Gasteiger partial charge on any atom is -0.493 e. The maximum Gasteiger partial charge on any atom is 0.234 e. The molecule has 1 fully saturated rings. The zero-order valence-corrected chi connectivity index (χ0v) is 18.2. The molecule has 164 valence electrons. The summed E-state index contributed by atoms with van der Waals surface area (Å²) in [5, 5.41) is 3.44. The van der Waals surface area contributed by atoms with Crippen LogP contribution in [0.4, 0.5) is 5.82 Å². The number of hydrogen-bond acceptors (Lipinski definition) is 7. The topological polar surface area (TPSA) is 104 Å². The average molecular weight is 418 g/mol. The number of ether oxygens (including phenoxy) is 3. The first kappa shape index (κ1) is 21.8. The highest BCUT2D eigenvalue weighted by molar-refractivity contribution is 5.80. The first-order valence-electron chi connectivity index (χ1n) is 10.1. The zero-order valence-electron chi connectivity index (χ0n) is 18.2. The molecule has 1 aromatic heterocycles. The molecule has 9 nitrogen and oxygen atoms in total. The van der Waals surface area contributed by atoms with Crippen LogP contribution >= 0.6 is 0 Å². The summed E-state index contributed by atoms with van der Waals surface area (Å²) in [6, 6.07) is 3.74. The Bertz CT molecular complexity index is 859. The van der Waals surface area contributed by atoms with Gasteiger partial charge in [0.15, 0.2) is 11.5 Å². The molecule has 3 N–H and O–H groups in total. The van der Waals surface area contributed by atoms with Crippen molar-refractivity contribution in [1.82, 2.24) is 14.5 Å². The lowest BCUT2D eigenvalue weighted by molar-refractivity contribution is -0.122. The number of nitrogens with one attached hydrogen (secondary N) is 1. The second kappa shape index (κ2) is 9.25. The number of rotatable bonds is 9. The van der Waals surface area contributed by atoms with E-state index in [2.05, 4.69) is 29.0 Å². The van der Waals surface area contributed by atoms with Crippen molar-refractivity contribution in [2.75, 3.05) is 33.2 Å².